The topological polar surface area (TPSA) is 152 Å². The third-order valence-electron chi connectivity index (χ3n) is 3.82. The monoisotopic (exact) mass is 430 g/mol. The lowest BCUT2D eigenvalue weighted by molar-refractivity contribution is -0.214. The molecule has 0 aromatic rings. The normalized spacial score (nSPS) is 21.0. The van der Waals surface area contributed by atoms with Crippen LogP contribution in [-0.4, -0.2) is 62.1 Å². The van der Waals surface area contributed by atoms with Gasteiger partial charge in [-0.2, -0.15) is 0 Å². The van der Waals surface area contributed by atoms with Gasteiger partial charge in [-0.05, 0) is 25.8 Å². The van der Waals surface area contributed by atoms with Gasteiger partial charge in [0.25, 0.3) is 0 Å². The minimum Gasteiger partial charge on any atom is -0.463 e. The van der Waals surface area contributed by atoms with Gasteiger partial charge in [0.15, 0.2) is 11.9 Å². The van der Waals surface area contributed by atoms with E-state index < -0.39 is 42.3 Å². The minimum atomic E-state index is -1.25. The summed E-state index contributed by atoms with van der Waals surface area (Å²) >= 11 is 0. The summed E-state index contributed by atoms with van der Waals surface area (Å²) < 4.78 is 27.1. The summed E-state index contributed by atoms with van der Waals surface area (Å²) in [5, 5.41) is 2.52. The number of nitrogens with two attached hydrogens (primary N) is 1. The predicted octanol–water partition coefficient (Wildman–Crippen LogP) is 0.263. The number of hydrogen-bond donors (Lipinski definition) is 2. The first kappa shape index (κ1) is 25.5. The van der Waals surface area contributed by atoms with Crippen molar-refractivity contribution in [2.45, 2.75) is 65.5 Å². The molecule has 11 heteroatoms. The van der Waals surface area contributed by atoms with E-state index in [9.17, 15) is 19.2 Å². The molecule has 0 aromatic carbocycles. The Morgan fingerprint density at radius 3 is 2.23 bits per heavy atom. The van der Waals surface area contributed by atoms with Crippen molar-refractivity contribution in [3.05, 3.63) is 11.5 Å². The fourth-order valence-corrected chi connectivity index (χ4v) is 2.69. The number of carbonyl (C=O) groups excluding carboxylic acids is 4. The molecule has 0 aromatic heterocycles. The number of carbonyl (C=O) groups is 4. The van der Waals surface area contributed by atoms with Gasteiger partial charge in [0.2, 0.25) is 12.2 Å². The molecule has 3 unspecified atom stereocenters. The highest BCUT2D eigenvalue weighted by Gasteiger charge is 2.44. The average Bonchev–Trinajstić information content (AvgIpc) is 2.63. The van der Waals surface area contributed by atoms with Crippen molar-refractivity contribution in [3.8, 4) is 0 Å². The quantitative estimate of drug-likeness (QED) is 0.265. The average molecular weight is 430 g/mol. The Hall–Kier alpha value is -2.50. The molecule has 0 spiro atoms. The number of hydrogen-bond acceptors (Lipinski definition) is 10. The molecule has 0 aliphatic carbocycles. The lowest BCUT2D eigenvalue weighted by atomic mass is 10.1. The zero-order chi connectivity index (χ0) is 22.7. The second-order valence-corrected chi connectivity index (χ2v) is 6.61. The van der Waals surface area contributed by atoms with Crippen molar-refractivity contribution in [1.29, 1.82) is 0 Å². The third kappa shape index (κ3) is 8.89. The maximum absolute atomic E-state index is 11.7. The second-order valence-electron chi connectivity index (χ2n) is 6.61. The summed E-state index contributed by atoms with van der Waals surface area (Å²) in [6.07, 6.45) is -1.09. The van der Waals surface area contributed by atoms with E-state index in [2.05, 4.69) is 5.32 Å². The molecule has 0 radical (unpaired) electrons. The lowest BCUT2D eigenvalue weighted by Crippen LogP contribution is -2.50. The maximum Gasteiger partial charge on any atom is 0.307 e. The summed E-state index contributed by atoms with van der Waals surface area (Å²) in [5.41, 5.74) is 5.48. The van der Waals surface area contributed by atoms with Crippen molar-refractivity contribution >= 4 is 23.8 Å². The van der Waals surface area contributed by atoms with Crippen LogP contribution in [0.1, 0.15) is 47.0 Å². The van der Waals surface area contributed by atoms with Crippen molar-refractivity contribution in [3.63, 3.8) is 0 Å². The Balaban J connectivity index is 3.26. The van der Waals surface area contributed by atoms with Crippen molar-refractivity contribution in [1.82, 2.24) is 5.32 Å². The van der Waals surface area contributed by atoms with Gasteiger partial charge in [0.1, 0.15) is 18.4 Å². The van der Waals surface area contributed by atoms with Gasteiger partial charge < -0.3 is 34.7 Å². The molecule has 170 valence electrons. The van der Waals surface area contributed by atoms with Gasteiger partial charge in [0, 0.05) is 27.7 Å². The molecule has 0 fully saturated rings. The second kappa shape index (κ2) is 12.9. The molecular formula is C19H30N2O9. The molecule has 11 nitrogen and oxygen atoms in total. The van der Waals surface area contributed by atoms with E-state index >= 15 is 0 Å². The van der Waals surface area contributed by atoms with Crippen LogP contribution in [0.25, 0.3) is 0 Å². The number of ether oxygens (including phenoxy) is 5. The van der Waals surface area contributed by atoms with Gasteiger partial charge in [-0.1, -0.05) is 0 Å². The van der Waals surface area contributed by atoms with Crippen molar-refractivity contribution < 1.29 is 42.9 Å². The highest BCUT2D eigenvalue weighted by Crippen LogP contribution is 2.30. The number of nitrogens with one attached hydrogen (secondary N) is 1. The van der Waals surface area contributed by atoms with E-state index in [1.807, 2.05) is 0 Å². The molecule has 3 atom stereocenters. The van der Waals surface area contributed by atoms with E-state index in [1.165, 1.54) is 13.8 Å². The molecule has 1 aliphatic rings. The summed E-state index contributed by atoms with van der Waals surface area (Å²) in [5.74, 6) is -2.60. The van der Waals surface area contributed by atoms with Crippen LogP contribution < -0.4 is 11.1 Å². The minimum absolute atomic E-state index is 0.00171. The predicted molar refractivity (Wildman–Crippen MR) is 102 cm³/mol. The zero-order valence-electron chi connectivity index (χ0n) is 17.7. The van der Waals surface area contributed by atoms with Crippen molar-refractivity contribution in [2.24, 2.45) is 5.73 Å². The van der Waals surface area contributed by atoms with E-state index in [4.69, 9.17) is 29.4 Å². The SMILES string of the molecule is CC(=O)NC1=C(OC(C)=O)C(OC(C)=O)C(COC(C)=O)OC1OCCCCCN. The number of rotatable bonds is 11. The Bertz CT molecular complexity index is 662. The number of amides is 1. The largest absolute Gasteiger partial charge is 0.463 e. The van der Waals surface area contributed by atoms with E-state index in [0.29, 0.717) is 13.0 Å². The molecule has 1 amide bonds. The Labute approximate surface area is 175 Å². The van der Waals surface area contributed by atoms with Crippen LogP contribution in [0.3, 0.4) is 0 Å². The van der Waals surface area contributed by atoms with E-state index in [1.54, 1.807) is 0 Å². The van der Waals surface area contributed by atoms with Crippen LogP contribution in [-0.2, 0) is 42.9 Å². The first-order valence-electron chi connectivity index (χ1n) is 9.63. The molecule has 0 saturated heterocycles. The first-order valence-corrected chi connectivity index (χ1v) is 9.63. The standard InChI is InChI=1S/C19H30N2O9/c1-11(22)21-16-18(29-14(4)25)17(28-13(3)24)15(10-27-12(2)23)30-19(16)26-9-7-5-6-8-20/h15,17,19H,5-10,20H2,1-4H3,(H,21,22). The third-order valence-corrected chi connectivity index (χ3v) is 3.82. The van der Waals surface area contributed by atoms with Gasteiger partial charge in [0.05, 0.1) is 6.61 Å². The summed E-state index contributed by atoms with van der Waals surface area (Å²) in [7, 11) is 0. The Morgan fingerprint density at radius 2 is 1.70 bits per heavy atom. The lowest BCUT2D eigenvalue weighted by Gasteiger charge is -2.37. The summed E-state index contributed by atoms with van der Waals surface area (Å²) in [6.45, 7) is 5.30. The van der Waals surface area contributed by atoms with Crippen LogP contribution in [0.4, 0.5) is 0 Å². The molecule has 0 saturated carbocycles. The highest BCUT2D eigenvalue weighted by molar-refractivity contribution is 5.76. The number of unbranched alkanes of at least 4 members (excludes halogenated alkanes) is 2. The van der Waals surface area contributed by atoms with Gasteiger partial charge in [-0.3, -0.25) is 19.2 Å². The fourth-order valence-electron chi connectivity index (χ4n) is 2.69. The van der Waals surface area contributed by atoms with Crippen LogP contribution in [0.5, 0.6) is 0 Å². The van der Waals surface area contributed by atoms with Crippen LogP contribution in [0.2, 0.25) is 0 Å². The zero-order valence-corrected chi connectivity index (χ0v) is 17.7. The van der Waals surface area contributed by atoms with Crippen molar-refractivity contribution in [2.75, 3.05) is 19.8 Å². The van der Waals surface area contributed by atoms with Gasteiger partial charge >= 0.3 is 17.9 Å². The maximum atomic E-state index is 11.7. The molecule has 30 heavy (non-hydrogen) atoms. The van der Waals surface area contributed by atoms with Crippen LogP contribution in [0.15, 0.2) is 11.5 Å². The Kier molecular flexibility index (Phi) is 11.0. The van der Waals surface area contributed by atoms with Crippen LogP contribution >= 0.6 is 0 Å². The molecule has 1 aliphatic heterocycles. The van der Waals surface area contributed by atoms with Gasteiger partial charge in [-0.25, -0.2) is 0 Å². The molecule has 1 rings (SSSR count). The van der Waals surface area contributed by atoms with Gasteiger partial charge in [-0.15, -0.1) is 0 Å². The van der Waals surface area contributed by atoms with E-state index in [0.717, 1.165) is 26.7 Å². The fraction of sp³-hybridized carbons (Fsp3) is 0.684. The van der Waals surface area contributed by atoms with E-state index in [-0.39, 0.29) is 24.7 Å². The Morgan fingerprint density at radius 1 is 1.00 bits per heavy atom. The smallest absolute Gasteiger partial charge is 0.307 e. The highest BCUT2D eigenvalue weighted by atomic mass is 16.7. The summed E-state index contributed by atoms with van der Waals surface area (Å²) in [6, 6.07) is 0. The first-order chi connectivity index (χ1) is 14.1. The molecule has 1 heterocycles. The molecule has 3 N–H and O–H groups in total. The molecular weight excluding hydrogens is 400 g/mol. The molecule has 0 bridgehead atoms. The van der Waals surface area contributed by atoms with Crippen LogP contribution in [0, 0.1) is 0 Å². The number of esters is 3. The summed E-state index contributed by atoms with van der Waals surface area (Å²) in [4.78, 5) is 46.3.